The molecule has 24 nitrogen and oxygen atoms in total. The Bertz CT molecular complexity index is 1110. The minimum Gasteiger partial charge on any atom is -0.394 e. The van der Waals surface area contributed by atoms with Crippen molar-refractivity contribution in [3.05, 3.63) is 0 Å². The van der Waals surface area contributed by atoms with E-state index < -0.39 is 174 Å². The van der Waals surface area contributed by atoms with Crippen LogP contribution in [0.25, 0.3) is 0 Å². The van der Waals surface area contributed by atoms with Gasteiger partial charge in [-0.2, -0.15) is 0 Å². The molecular formula is C28H48O24. The second-order valence-electron chi connectivity index (χ2n) is 13.1. The molecule has 5 fully saturated rings. The van der Waals surface area contributed by atoms with Crippen molar-refractivity contribution < 1.29 is 119 Å². The summed E-state index contributed by atoms with van der Waals surface area (Å²) in [6, 6.07) is 0. The van der Waals surface area contributed by atoms with Crippen LogP contribution in [0, 0.1) is 0 Å². The van der Waals surface area contributed by atoms with E-state index in [1.165, 1.54) is 0 Å². The van der Waals surface area contributed by atoms with Crippen molar-refractivity contribution in [2.75, 3.05) is 33.0 Å². The van der Waals surface area contributed by atoms with Crippen LogP contribution in [0.15, 0.2) is 0 Å². The molecule has 304 valence electrons. The van der Waals surface area contributed by atoms with E-state index in [1.807, 2.05) is 0 Å². The number of hydrogen-bond donors (Lipinski definition) is 15. The molecule has 0 bridgehead atoms. The minimum atomic E-state index is -2.04. The summed E-state index contributed by atoms with van der Waals surface area (Å²) in [7, 11) is 0. The van der Waals surface area contributed by atoms with E-state index >= 15 is 0 Å². The third-order valence-corrected chi connectivity index (χ3v) is 9.53. The highest BCUT2D eigenvalue weighted by atomic mass is 16.8. The maximum Gasteiger partial charge on any atom is 0.187 e. The Labute approximate surface area is 293 Å². The van der Waals surface area contributed by atoms with Gasteiger partial charge in [0.05, 0.1) is 33.0 Å². The van der Waals surface area contributed by atoms with Gasteiger partial charge in [0.15, 0.2) is 31.5 Å². The van der Waals surface area contributed by atoms with Crippen molar-refractivity contribution in [1.82, 2.24) is 0 Å². The van der Waals surface area contributed by atoms with Crippen LogP contribution >= 0.6 is 0 Å². The van der Waals surface area contributed by atoms with Crippen LogP contribution in [0.1, 0.15) is 0 Å². The van der Waals surface area contributed by atoms with Gasteiger partial charge < -0.3 is 119 Å². The first-order valence-corrected chi connectivity index (χ1v) is 16.4. The van der Waals surface area contributed by atoms with Gasteiger partial charge in [0.1, 0.15) is 110 Å². The summed E-state index contributed by atoms with van der Waals surface area (Å²) < 4.78 is 50.1. The van der Waals surface area contributed by atoms with Crippen molar-refractivity contribution in [3.63, 3.8) is 0 Å². The van der Waals surface area contributed by atoms with E-state index in [0.717, 1.165) is 0 Å². The van der Waals surface area contributed by atoms with Gasteiger partial charge in [-0.15, -0.1) is 0 Å². The molecule has 0 spiro atoms. The Morgan fingerprint density at radius 3 is 1.50 bits per heavy atom. The summed E-state index contributed by atoms with van der Waals surface area (Å²) >= 11 is 0. The van der Waals surface area contributed by atoms with Crippen LogP contribution in [0.3, 0.4) is 0 Å². The summed E-state index contributed by atoms with van der Waals surface area (Å²) in [5, 5.41) is 155. The minimum absolute atomic E-state index is 0.491. The van der Waals surface area contributed by atoms with Crippen molar-refractivity contribution in [1.29, 1.82) is 0 Å². The van der Waals surface area contributed by atoms with Crippen molar-refractivity contribution in [2.24, 2.45) is 0 Å². The molecule has 0 radical (unpaired) electrons. The van der Waals surface area contributed by atoms with Gasteiger partial charge in [-0.25, -0.2) is 0 Å². The number of hydrogen-bond acceptors (Lipinski definition) is 24. The van der Waals surface area contributed by atoms with Gasteiger partial charge >= 0.3 is 0 Å². The Hall–Kier alpha value is -0.960. The first kappa shape index (κ1) is 42.2. The fourth-order valence-electron chi connectivity index (χ4n) is 6.44. The predicted molar refractivity (Wildman–Crippen MR) is 155 cm³/mol. The Morgan fingerprint density at radius 2 is 0.865 bits per heavy atom. The lowest BCUT2D eigenvalue weighted by Gasteiger charge is -2.50. The second-order valence-corrected chi connectivity index (χ2v) is 13.1. The van der Waals surface area contributed by atoms with Gasteiger partial charge in [-0.05, 0) is 0 Å². The van der Waals surface area contributed by atoms with Crippen LogP contribution in [0.5, 0.6) is 0 Å². The third-order valence-electron chi connectivity index (χ3n) is 9.53. The van der Waals surface area contributed by atoms with Crippen molar-refractivity contribution in [3.8, 4) is 0 Å². The average molecular weight is 769 g/mol. The molecule has 5 saturated heterocycles. The zero-order valence-corrected chi connectivity index (χ0v) is 27.2. The summed E-state index contributed by atoms with van der Waals surface area (Å²) in [5.74, 6) is 0. The molecule has 52 heavy (non-hydrogen) atoms. The lowest BCUT2D eigenvalue weighted by molar-refractivity contribution is -0.404. The highest BCUT2D eigenvalue weighted by molar-refractivity contribution is 4.98. The highest BCUT2D eigenvalue weighted by Gasteiger charge is 2.56. The zero-order valence-electron chi connectivity index (χ0n) is 27.2. The van der Waals surface area contributed by atoms with Gasteiger partial charge in [0, 0.05) is 0 Å². The molecule has 0 unspecified atom stereocenters. The van der Waals surface area contributed by atoms with Crippen LogP contribution < -0.4 is 0 Å². The standard InChI is InChI=1S/C28H48O24/c29-1-8-12(35)14(37)18(41)27(47-8)51-22-13(36)9(2-30)48-28(50-21-10(3-31)46-24(43)16(39)15(21)38)23(22)52-26-19(42)20(7(33)5-45-26)49-25-17(40)11(34)6(32)4-44-25/h6-43H,1-5H2/t6-,7-,8-,9-,10-,11+,12-,13-,14+,15-,16-,17-,18-,19-,20+,21+,22+,23-,24-,25+,26+,27+,28+/m1/s1. The second kappa shape index (κ2) is 17.9. The molecule has 0 aromatic carbocycles. The maximum absolute atomic E-state index is 11.3. The number of rotatable bonds is 11. The van der Waals surface area contributed by atoms with Crippen LogP contribution in [-0.2, 0) is 42.6 Å². The first-order valence-electron chi connectivity index (χ1n) is 16.4. The van der Waals surface area contributed by atoms with E-state index in [-0.39, 0.29) is 0 Å². The van der Waals surface area contributed by atoms with Gasteiger partial charge in [0.2, 0.25) is 0 Å². The average Bonchev–Trinajstić information content (AvgIpc) is 3.13. The molecule has 0 aromatic rings. The van der Waals surface area contributed by atoms with E-state index in [0.29, 0.717) is 0 Å². The van der Waals surface area contributed by atoms with Crippen molar-refractivity contribution in [2.45, 2.75) is 141 Å². The van der Waals surface area contributed by atoms with Crippen molar-refractivity contribution >= 4 is 0 Å². The zero-order chi connectivity index (χ0) is 38.2. The monoisotopic (exact) mass is 768 g/mol. The topological polar surface area (TPSA) is 387 Å². The van der Waals surface area contributed by atoms with E-state index in [1.54, 1.807) is 0 Å². The number of ether oxygens (including phenoxy) is 9. The smallest absolute Gasteiger partial charge is 0.187 e. The normalized spacial score (nSPS) is 53.5. The molecule has 0 aromatic heterocycles. The maximum atomic E-state index is 11.3. The quantitative estimate of drug-likeness (QED) is 0.0927. The number of aliphatic hydroxyl groups excluding tert-OH is 15. The molecule has 5 heterocycles. The molecular weight excluding hydrogens is 720 g/mol. The summed E-state index contributed by atoms with van der Waals surface area (Å²) in [6.45, 7) is -3.85. The van der Waals surface area contributed by atoms with Crippen LogP contribution in [-0.4, -0.2) is 251 Å². The molecule has 23 atom stereocenters. The van der Waals surface area contributed by atoms with E-state index in [4.69, 9.17) is 42.6 Å². The first-order chi connectivity index (χ1) is 24.6. The van der Waals surface area contributed by atoms with Gasteiger partial charge in [-0.3, -0.25) is 0 Å². The lowest BCUT2D eigenvalue weighted by atomic mass is 9.95. The molecule has 5 aliphatic rings. The SMILES string of the molecule is OC[C@H]1O[C@@H](O[C@H]2[C@H](O)[C@@H](CO)O[C@@H](O[C@@H]3[C@H](O)[C@@H](O)[C@H](O)O[C@@H]3CO)[C@@H]2O[C@@H]2OC[C@@H](O)[C@H](O[C@@H]3OC[C@@H](O)[C@H](O)[C@H]3O)[C@H]2O)[C@H](O)[C@@H](O)[C@@H]1O. The fraction of sp³-hybridized carbons (Fsp3) is 1.00. The summed E-state index contributed by atoms with van der Waals surface area (Å²) in [6.07, 6.45) is -41.9. The molecule has 15 N–H and O–H groups in total. The predicted octanol–water partition coefficient (Wildman–Crippen LogP) is -10.6. The molecule has 0 saturated carbocycles. The Morgan fingerprint density at radius 1 is 0.365 bits per heavy atom. The van der Waals surface area contributed by atoms with E-state index in [2.05, 4.69) is 0 Å². The lowest BCUT2D eigenvalue weighted by Crippen LogP contribution is -2.68. The molecule has 5 aliphatic heterocycles. The summed E-state index contributed by atoms with van der Waals surface area (Å²) in [5.41, 5.74) is 0. The van der Waals surface area contributed by atoms with E-state index in [9.17, 15) is 76.6 Å². The highest BCUT2D eigenvalue weighted by Crippen LogP contribution is 2.36. The summed E-state index contributed by atoms with van der Waals surface area (Å²) in [4.78, 5) is 0. The van der Waals surface area contributed by atoms with Gasteiger partial charge in [0.25, 0.3) is 0 Å². The van der Waals surface area contributed by atoms with Crippen LogP contribution in [0.4, 0.5) is 0 Å². The fourth-order valence-corrected chi connectivity index (χ4v) is 6.44. The molecule has 5 rings (SSSR count). The number of aliphatic hydroxyl groups is 15. The molecule has 0 amide bonds. The molecule has 24 heteroatoms. The molecule has 0 aliphatic carbocycles. The van der Waals surface area contributed by atoms with Gasteiger partial charge in [-0.1, -0.05) is 0 Å². The van der Waals surface area contributed by atoms with Crippen LogP contribution in [0.2, 0.25) is 0 Å². The third kappa shape index (κ3) is 8.55. The largest absolute Gasteiger partial charge is 0.394 e. The Kier molecular flexibility index (Phi) is 14.5. The Balaban J connectivity index is 1.45.